The number of piperidine rings is 1. The number of hydrogen-bond acceptors (Lipinski definition) is 4. The van der Waals surface area contributed by atoms with Crippen LogP contribution in [0.5, 0.6) is 0 Å². The summed E-state index contributed by atoms with van der Waals surface area (Å²) >= 11 is 0. The summed E-state index contributed by atoms with van der Waals surface area (Å²) in [6, 6.07) is 0.199. The minimum Gasteiger partial charge on any atom is -0.375 e. The predicted molar refractivity (Wildman–Crippen MR) is 87.0 cm³/mol. The smallest absolute Gasteiger partial charge is 0.236 e. The fourth-order valence-electron chi connectivity index (χ4n) is 3.98. The Balaban J connectivity index is 1.47. The van der Waals surface area contributed by atoms with Gasteiger partial charge in [-0.1, -0.05) is 0 Å². The van der Waals surface area contributed by atoms with Gasteiger partial charge in [0.15, 0.2) is 0 Å². The highest BCUT2D eigenvalue weighted by Gasteiger charge is 2.32. The molecule has 3 rings (SSSR count). The van der Waals surface area contributed by atoms with Gasteiger partial charge in [0.2, 0.25) is 11.8 Å². The Morgan fingerprint density at radius 3 is 2.91 bits per heavy atom. The number of ether oxygens (including phenoxy) is 1. The quantitative estimate of drug-likeness (QED) is 0.830. The van der Waals surface area contributed by atoms with Gasteiger partial charge in [-0.05, 0) is 39.0 Å². The zero-order valence-electron chi connectivity index (χ0n) is 14.1. The topological polar surface area (TPSA) is 61.9 Å². The summed E-state index contributed by atoms with van der Waals surface area (Å²) in [6.45, 7) is 5.68. The number of piperazine rings is 1. The number of rotatable bonds is 4. The molecule has 2 amide bonds. The van der Waals surface area contributed by atoms with Crippen molar-refractivity contribution in [2.24, 2.45) is 0 Å². The number of hydrogen-bond donors (Lipinski definition) is 1. The van der Waals surface area contributed by atoms with E-state index in [1.807, 2.05) is 9.80 Å². The van der Waals surface area contributed by atoms with Crippen molar-refractivity contribution in [3.63, 3.8) is 0 Å². The Kier molecular flexibility index (Phi) is 5.54. The lowest BCUT2D eigenvalue weighted by atomic mass is 10.0. The first-order valence-electron chi connectivity index (χ1n) is 9.07. The van der Waals surface area contributed by atoms with E-state index in [9.17, 15) is 9.59 Å². The lowest BCUT2D eigenvalue weighted by molar-refractivity contribution is -0.140. The molecule has 3 aliphatic heterocycles. The normalized spacial score (nSPS) is 32.4. The van der Waals surface area contributed by atoms with Crippen LogP contribution in [0, 0.1) is 0 Å². The third kappa shape index (κ3) is 4.23. The largest absolute Gasteiger partial charge is 0.375 e. The molecule has 0 radical (unpaired) electrons. The predicted octanol–water partition coefficient (Wildman–Crippen LogP) is 0.757. The highest BCUT2D eigenvalue weighted by Crippen LogP contribution is 2.24. The van der Waals surface area contributed by atoms with Crippen LogP contribution in [0.4, 0.5) is 0 Å². The molecule has 3 unspecified atom stereocenters. The SMILES string of the molecule is CC1CCC(CCC(=O)N2CCCC(N3CCNCC3=O)C2)O1. The van der Waals surface area contributed by atoms with Gasteiger partial charge in [0.25, 0.3) is 0 Å². The number of nitrogens with zero attached hydrogens (tertiary/aromatic N) is 2. The highest BCUT2D eigenvalue weighted by molar-refractivity contribution is 5.80. The van der Waals surface area contributed by atoms with E-state index >= 15 is 0 Å². The van der Waals surface area contributed by atoms with Crippen LogP contribution in [0.2, 0.25) is 0 Å². The van der Waals surface area contributed by atoms with E-state index in [1.165, 1.54) is 0 Å². The molecule has 3 fully saturated rings. The van der Waals surface area contributed by atoms with Crippen LogP contribution in [-0.4, -0.2) is 72.6 Å². The summed E-state index contributed by atoms with van der Waals surface area (Å²) in [5.74, 6) is 0.393. The van der Waals surface area contributed by atoms with E-state index in [-0.39, 0.29) is 24.0 Å². The van der Waals surface area contributed by atoms with E-state index in [2.05, 4.69) is 12.2 Å². The monoisotopic (exact) mass is 323 g/mol. The molecule has 0 aliphatic carbocycles. The Morgan fingerprint density at radius 2 is 2.17 bits per heavy atom. The molecule has 3 atom stereocenters. The molecule has 130 valence electrons. The average Bonchev–Trinajstić information content (AvgIpc) is 2.98. The van der Waals surface area contributed by atoms with E-state index < -0.39 is 0 Å². The molecule has 0 aromatic rings. The lowest BCUT2D eigenvalue weighted by Crippen LogP contribution is -2.57. The van der Waals surface area contributed by atoms with Gasteiger partial charge in [-0.2, -0.15) is 0 Å². The van der Waals surface area contributed by atoms with Crippen molar-refractivity contribution in [1.82, 2.24) is 15.1 Å². The molecule has 0 saturated carbocycles. The fraction of sp³-hybridized carbons (Fsp3) is 0.882. The number of likely N-dealkylation sites (tertiary alicyclic amines) is 1. The highest BCUT2D eigenvalue weighted by atomic mass is 16.5. The lowest BCUT2D eigenvalue weighted by Gasteiger charge is -2.41. The molecule has 3 saturated heterocycles. The van der Waals surface area contributed by atoms with Crippen molar-refractivity contribution in [2.45, 2.75) is 63.7 Å². The van der Waals surface area contributed by atoms with Crippen molar-refractivity contribution in [3.05, 3.63) is 0 Å². The molecule has 1 N–H and O–H groups in total. The standard InChI is InChI=1S/C17H29N3O3/c1-13-4-5-15(23-13)6-7-16(21)19-9-2-3-14(12-19)20-10-8-18-11-17(20)22/h13-15,18H,2-12H2,1H3. The Labute approximate surface area is 138 Å². The van der Waals surface area contributed by atoms with Gasteiger partial charge in [0.05, 0.1) is 18.8 Å². The van der Waals surface area contributed by atoms with Crippen molar-refractivity contribution in [1.29, 1.82) is 0 Å². The Morgan fingerprint density at radius 1 is 1.30 bits per heavy atom. The van der Waals surface area contributed by atoms with Crippen molar-refractivity contribution < 1.29 is 14.3 Å². The molecule has 0 aromatic carbocycles. The maximum atomic E-state index is 12.5. The van der Waals surface area contributed by atoms with Crippen molar-refractivity contribution in [2.75, 3.05) is 32.7 Å². The summed E-state index contributed by atoms with van der Waals surface area (Å²) in [7, 11) is 0. The third-order valence-electron chi connectivity index (χ3n) is 5.32. The minimum atomic E-state index is 0.170. The molecule has 0 aromatic heterocycles. The number of carbonyl (C=O) groups excluding carboxylic acids is 2. The summed E-state index contributed by atoms with van der Waals surface area (Å²) in [5.41, 5.74) is 0. The summed E-state index contributed by atoms with van der Waals surface area (Å²) in [5, 5.41) is 3.11. The Bertz CT molecular complexity index is 443. The van der Waals surface area contributed by atoms with Crippen LogP contribution >= 0.6 is 0 Å². The van der Waals surface area contributed by atoms with Gasteiger partial charge < -0.3 is 19.9 Å². The zero-order valence-corrected chi connectivity index (χ0v) is 14.1. The molecule has 3 aliphatic rings. The molecule has 0 bridgehead atoms. The summed E-state index contributed by atoms with van der Waals surface area (Å²) in [6.07, 6.45) is 6.18. The van der Waals surface area contributed by atoms with Gasteiger partial charge in [0.1, 0.15) is 0 Å². The first-order valence-corrected chi connectivity index (χ1v) is 9.07. The molecule has 0 spiro atoms. The van der Waals surface area contributed by atoms with Crippen LogP contribution in [0.3, 0.4) is 0 Å². The maximum absolute atomic E-state index is 12.5. The van der Waals surface area contributed by atoms with Crippen molar-refractivity contribution in [3.8, 4) is 0 Å². The average molecular weight is 323 g/mol. The van der Waals surface area contributed by atoms with Gasteiger partial charge >= 0.3 is 0 Å². The van der Waals surface area contributed by atoms with E-state index in [1.54, 1.807) is 0 Å². The molecule has 6 heteroatoms. The first-order chi connectivity index (χ1) is 11.1. The molecular formula is C17H29N3O3. The van der Waals surface area contributed by atoms with Gasteiger partial charge in [-0.3, -0.25) is 9.59 Å². The third-order valence-corrected chi connectivity index (χ3v) is 5.32. The van der Waals surface area contributed by atoms with E-state index in [4.69, 9.17) is 4.74 Å². The van der Waals surface area contributed by atoms with Crippen LogP contribution in [0.25, 0.3) is 0 Å². The van der Waals surface area contributed by atoms with Crippen LogP contribution in [0.15, 0.2) is 0 Å². The van der Waals surface area contributed by atoms with Crippen molar-refractivity contribution >= 4 is 11.8 Å². The molecule has 6 nitrogen and oxygen atoms in total. The molecule has 3 heterocycles. The Hall–Kier alpha value is -1.14. The number of nitrogens with one attached hydrogen (secondary N) is 1. The van der Waals surface area contributed by atoms with Gasteiger partial charge in [0, 0.05) is 38.6 Å². The van der Waals surface area contributed by atoms with Crippen LogP contribution in [0.1, 0.15) is 45.4 Å². The van der Waals surface area contributed by atoms with E-state index in [0.717, 1.165) is 51.7 Å². The number of amides is 2. The van der Waals surface area contributed by atoms with Gasteiger partial charge in [-0.25, -0.2) is 0 Å². The minimum absolute atomic E-state index is 0.170. The maximum Gasteiger partial charge on any atom is 0.236 e. The molecule has 23 heavy (non-hydrogen) atoms. The number of carbonyl (C=O) groups is 2. The zero-order chi connectivity index (χ0) is 16.2. The second-order valence-electron chi connectivity index (χ2n) is 7.08. The second kappa shape index (κ2) is 7.62. The second-order valence-corrected chi connectivity index (χ2v) is 7.08. The fourth-order valence-corrected chi connectivity index (χ4v) is 3.98. The first kappa shape index (κ1) is 16.7. The summed E-state index contributed by atoms with van der Waals surface area (Å²) < 4.78 is 5.80. The van der Waals surface area contributed by atoms with Crippen LogP contribution in [-0.2, 0) is 14.3 Å². The summed E-state index contributed by atoms with van der Waals surface area (Å²) in [4.78, 5) is 28.5. The van der Waals surface area contributed by atoms with Crippen LogP contribution < -0.4 is 5.32 Å². The van der Waals surface area contributed by atoms with Gasteiger partial charge in [-0.15, -0.1) is 0 Å². The van der Waals surface area contributed by atoms with E-state index in [0.29, 0.717) is 25.6 Å². The molecular weight excluding hydrogens is 294 g/mol.